The van der Waals surface area contributed by atoms with Crippen LogP contribution in [0.25, 0.3) is 5.95 Å². The number of aromatic nitrogens is 5. The first kappa shape index (κ1) is 15.9. The molecule has 2 heterocycles. The summed E-state index contributed by atoms with van der Waals surface area (Å²) in [6.45, 7) is 3.83. The van der Waals surface area contributed by atoms with Gasteiger partial charge in [0.15, 0.2) is 11.5 Å². The van der Waals surface area contributed by atoms with E-state index < -0.39 is 0 Å². The second-order valence-electron chi connectivity index (χ2n) is 5.16. The number of aromatic amines is 1. The molecular weight excluding hydrogens is 328 g/mol. The summed E-state index contributed by atoms with van der Waals surface area (Å²) in [7, 11) is 1.49. The molecule has 124 valence electrons. The summed E-state index contributed by atoms with van der Waals surface area (Å²) < 4.78 is 8.48. The minimum absolute atomic E-state index is 0.0380. The molecule has 0 spiro atoms. The smallest absolute Gasteiger partial charge is 0.271 e. The summed E-state index contributed by atoms with van der Waals surface area (Å²) in [5.74, 6) is 0.894. The fourth-order valence-corrected chi connectivity index (χ4v) is 2.44. The minimum Gasteiger partial charge on any atom is -0.504 e. The first-order chi connectivity index (χ1) is 11.5. The van der Waals surface area contributed by atoms with Crippen molar-refractivity contribution in [3.63, 3.8) is 0 Å². The van der Waals surface area contributed by atoms with E-state index in [9.17, 15) is 5.11 Å². The maximum Gasteiger partial charge on any atom is 0.271 e. The molecule has 3 rings (SSSR count). The van der Waals surface area contributed by atoms with Crippen LogP contribution in [-0.2, 0) is 0 Å². The zero-order valence-corrected chi connectivity index (χ0v) is 14.2. The van der Waals surface area contributed by atoms with Gasteiger partial charge >= 0.3 is 0 Å². The highest BCUT2D eigenvalue weighted by atomic mass is 32.1. The van der Waals surface area contributed by atoms with Crippen LogP contribution in [0.1, 0.15) is 17.0 Å². The van der Waals surface area contributed by atoms with Crippen molar-refractivity contribution in [1.82, 2.24) is 24.7 Å². The molecule has 0 saturated heterocycles. The fraction of sp³-hybridized carbons (Fsp3) is 0.200. The van der Waals surface area contributed by atoms with Crippen LogP contribution in [-0.4, -0.2) is 43.1 Å². The lowest BCUT2D eigenvalue weighted by Crippen LogP contribution is -2.07. The molecule has 0 radical (unpaired) electrons. The number of aryl methyl sites for hydroxylation is 2. The van der Waals surface area contributed by atoms with E-state index >= 15 is 0 Å². The van der Waals surface area contributed by atoms with Crippen LogP contribution in [0.15, 0.2) is 29.4 Å². The normalized spacial score (nSPS) is 11.3. The first-order valence-electron chi connectivity index (χ1n) is 7.12. The molecule has 0 aliphatic carbocycles. The van der Waals surface area contributed by atoms with Crippen molar-refractivity contribution in [2.24, 2.45) is 5.10 Å². The van der Waals surface area contributed by atoms with Crippen molar-refractivity contribution in [3.05, 3.63) is 46.0 Å². The molecule has 2 aromatic heterocycles. The Hall–Kier alpha value is -2.94. The van der Waals surface area contributed by atoms with Crippen LogP contribution in [0, 0.1) is 18.6 Å². The molecule has 3 aromatic rings. The average molecular weight is 344 g/mol. The van der Waals surface area contributed by atoms with E-state index in [1.165, 1.54) is 11.8 Å². The van der Waals surface area contributed by atoms with E-state index in [0.717, 1.165) is 11.4 Å². The van der Waals surface area contributed by atoms with Gasteiger partial charge in [0.05, 0.1) is 19.0 Å². The standard InChI is InChI=1S/C15H16N6O2S/c1-9-6-10(2)20(19-9)14-17-18-15(24)21(14)16-8-11-4-5-13(23-3)12(22)7-11/h4-8,22H,1-3H3,(H,18,24)/b16-8-. The van der Waals surface area contributed by atoms with Gasteiger partial charge in [-0.2, -0.15) is 14.9 Å². The van der Waals surface area contributed by atoms with Crippen LogP contribution >= 0.6 is 12.2 Å². The largest absolute Gasteiger partial charge is 0.504 e. The van der Waals surface area contributed by atoms with E-state index in [0.29, 0.717) is 22.0 Å². The maximum absolute atomic E-state index is 9.83. The summed E-state index contributed by atoms with van der Waals surface area (Å²) in [4.78, 5) is 0. The topological polar surface area (TPSA) is 93.3 Å². The summed E-state index contributed by atoms with van der Waals surface area (Å²) in [6, 6.07) is 6.92. The lowest BCUT2D eigenvalue weighted by molar-refractivity contribution is 0.373. The fourth-order valence-electron chi connectivity index (χ4n) is 2.27. The third-order valence-corrected chi connectivity index (χ3v) is 3.62. The molecule has 9 heteroatoms. The quantitative estimate of drug-likeness (QED) is 0.560. The Labute approximate surface area is 143 Å². The van der Waals surface area contributed by atoms with Crippen molar-refractivity contribution >= 4 is 18.4 Å². The zero-order chi connectivity index (χ0) is 17.3. The molecule has 0 unspecified atom stereocenters. The highest BCUT2D eigenvalue weighted by Crippen LogP contribution is 2.25. The van der Waals surface area contributed by atoms with Gasteiger partial charge in [-0.05, 0) is 55.9 Å². The van der Waals surface area contributed by atoms with Gasteiger partial charge in [-0.1, -0.05) is 0 Å². The number of nitrogens with zero attached hydrogens (tertiary/aromatic N) is 5. The zero-order valence-electron chi connectivity index (χ0n) is 13.4. The minimum atomic E-state index is 0.0380. The van der Waals surface area contributed by atoms with Gasteiger partial charge in [-0.15, -0.1) is 5.10 Å². The summed E-state index contributed by atoms with van der Waals surface area (Å²) >= 11 is 5.22. The molecule has 0 fully saturated rings. The number of benzene rings is 1. The predicted molar refractivity (Wildman–Crippen MR) is 91.7 cm³/mol. The number of rotatable bonds is 4. The maximum atomic E-state index is 9.83. The second-order valence-corrected chi connectivity index (χ2v) is 5.54. The second kappa shape index (κ2) is 6.28. The van der Waals surface area contributed by atoms with Crippen molar-refractivity contribution < 1.29 is 9.84 Å². The Bertz CT molecular complexity index is 969. The van der Waals surface area contributed by atoms with E-state index in [4.69, 9.17) is 17.0 Å². The molecule has 0 aliphatic rings. The Kier molecular flexibility index (Phi) is 4.17. The van der Waals surface area contributed by atoms with Crippen LogP contribution in [0.2, 0.25) is 0 Å². The van der Waals surface area contributed by atoms with Gasteiger partial charge in [-0.3, -0.25) is 0 Å². The van der Waals surface area contributed by atoms with Crippen LogP contribution in [0.5, 0.6) is 11.5 Å². The summed E-state index contributed by atoms with van der Waals surface area (Å²) in [5, 5.41) is 25.4. The highest BCUT2D eigenvalue weighted by Gasteiger charge is 2.11. The Balaban J connectivity index is 1.99. The third kappa shape index (κ3) is 2.93. The van der Waals surface area contributed by atoms with Gasteiger partial charge in [0.1, 0.15) is 0 Å². The van der Waals surface area contributed by atoms with E-state index in [2.05, 4.69) is 20.4 Å². The molecule has 0 bridgehead atoms. The van der Waals surface area contributed by atoms with Gasteiger partial charge in [0.25, 0.3) is 5.95 Å². The van der Waals surface area contributed by atoms with E-state index in [1.54, 1.807) is 29.1 Å². The Morgan fingerprint density at radius 2 is 2.12 bits per heavy atom. The van der Waals surface area contributed by atoms with Crippen LogP contribution in [0.4, 0.5) is 0 Å². The van der Waals surface area contributed by atoms with Crippen molar-refractivity contribution in [1.29, 1.82) is 0 Å². The van der Waals surface area contributed by atoms with Gasteiger partial charge in [0, 0.05) is 5.69 Å². The average Bonchev–Trinajstić information content (AvgIpc) is 3.07. The van der Waals surface area contributed by atoms with Crippen molar-refractivity contribution in [2.75, 3.05) is 7.11 Å². The molecule has 24 heavy (non-hydrogen) atoms. The molecular formula is C15H16N6O2S. The highest BCUT2D eigenvalue weighted by molar-refractivity contribution is 7.71. The van der Waals surface area contributed by atoms with E-state index in [-0.39, 0.29) is 5.75 Å². The summed E-state index contributed by atoms with van der Waals surface area (Å²) in [6.07, 6.45) is 1.57. The van der Waals surface area contributed by atoms with Crippen LogP contribution < -0.4 is 4.74 Å². The number of aromatic hydroxyl groups is 1. The Morgan fingerprint density at radius 1 is 1.33 bits per heavy atom. The van der Waals surface area contributed by atoms with Gasteiger partial charge < -0.3 is 9.84 Å². The molecule has 1 aromatic carbocycles. The number of phenolic OH excluding ortho intramolecular Hbond substituents is 1. The Morgan fingerprint density at radius 3 is 2.75 bits per heavy atom. The first-order valence-corrected chi connectivity index (χ1v) is 7.53. The summed E-state index contributed by atoms with van der Waals surface area (Å²) in [5.41, 5.74) is 2.48. The number of nitrogens with one attached hydrogen (secondary N) is 1. The van der Waals surface area contributed by atoms with E-state index in [1.807, 2.05) is 19.9 Å². The molecule has 8 nitrogen and oxygen atoms in total. The number of H-pyrrole nitrogens is 1. The number of hydrogen-bond acceptors (Lipinski definition) is 6. The number of methoxy groups -OCH3 is 1. The number of hydrogen-bond donors (Lipinski definition) is 2. The number of phenols is 1. The lowest BCUT2D eigenvalue weighted by Gasteiger charge is -2.04. The monoisotopic (exact) mass is 344 g/mol. The lowest BCUT2D eigenvalue weighted by atomic mass is 10.2. The molecule has 2 N–H and O–H groups in total. The van der Waals surface area contributed by atoms with Gasteiger partial charge in [0.2, 0.25) is 4.77 Å². The van der Waals surface area contributed by atoms with Crippen LogP contribution in [0.3, 0.4) is 0 Å². The number of ether oxygens (including phenoxy) is 1. The SMILES string of the molecule is COc1ccc(/C=N\n2c(-n3nc(C)cc3C)n[nH]c2=S)cc1O. The van der Waals surface area contributed by atoms with Gasteiger partial charge in [-0.25, -0.2) is 9.78 Å². The predicted octanol–water partition coefficient (Wildman–Crippen LogP) is 2.34. The van der Waals surface area contributed by atoms with Crippen molar-refractivity contribution in [2.45, 2.75) is 13.8 Å². The van der Waals surface area contributed by atoms with Crippen molar-refractivity contribution in [3.8, 4) is 17.4 Å². The third-order valence-electron chi connectivity index (χ3n) is 3.36. The molecule has 0 atom stereocenters. The molecule has 0 amide bonds. The molecule has 0 aliphatic heterocycles. The molecule has 0 saturated carbocycles.